The summed E-state index contributed by atoms with van der Waals surface area (Å²) >= 11 is 0. The molecule has 2 aromatic carbocycles. The maximum atomic E-state index is 4.65. The van der Waals surface area contributed by atoms with Crippen LogP contribution in [0.4, 0.5) is 0 Å². The fourth-order valence-electron chi connectivity index (χ4n) is 1.84. The van der Waals surface area contributed by atoms with Gasteiger partial charge in [0.2, 0.25) is 0 Å². The minimum Gasteiger partial charge on any atom is -0.270 e. The summed E-state index contributed by atoms with van der Waals surface area (Å²) in [7, 11) is 0. The lowest BCUT2D eigenvalue weighted by atomic mass is 10.0. The molecule has 2 aromatic rings. The van der Waals surface area contributed by atoms with Crippen molar-refractivity contribution in [2.24, 2.45) is 9.98 Å². The molecule has 2 nitrogen and oxygen atoms in total. The lowest BCUT2D eigenvalue weighted by molar-refractivity contribution is 1.35. The molecule has 98 valence electrons. The van der Waals surface area contributed by atoms with E-state index in [0.29, 0.717) is 5.70 Å². The van der Waals surface area contributed by atoms with Crippen LogP contribution in [0.1, 0.15) is 11.1 Å². The highest BCUT2D eigenvalue weighted by atomic mass is 14.8. The quantitative estimate of drug-likeness (QED) is 0.567. The first-order valence-corrected chi connectivity index (χ1v) is 6.33. The van der Waals surface area contributed by atoms with Gasteiger partial charge >= 0.3 is 0 Å². The van der Waals surface area contributed by atoms with E-state index in [1.165, 1.54) is 0 Å². The van der Waals surface area contributed by atoms with Crippen LogP contribution in [0.3, 0.4) is 0 Å². The number of allylic oxidation sites excluding steroid dienone is 1. The van der Waals surface area contributed by atoms with E-state index in [2.05, 4.69) is 23.3 Å². The summed E-state index contributed by atoms with van der Waals surface area (Å²) in [6.45, 7) is 7.21. The zero-order valence-corrected chi connectivity index (χ0v) is 11.2. The van der Waals surface area contributed by atoms with Crippen molar-refractivity contribution in [2.45, 2.75) is 0 Å². The normalized spacial score (nSPS) is 10.7. The van der Waals surface area contributed by atoms with E-state index in [9.17, 15) is 0 Å². The summed E-state index contributed by atoms with van der Waals surface area (Å²) in [4.78, 5) is 8.41. The molecule has 0 aromatic heterocycles. The fraction of sp³-hybridized carbons (Fsp3) is 0. The van der Waals surface area contributed by atoms with Crippen molar-refractivity contribution >= 4 is 12.4 Å². The summed E-state index contributed by atoms with van der Waals surface area (Å²) in [5.74, 6) is 0. The monoisotopic (exact) mass is 260 g/mol. The van der Waals surface area contributed by atoms with Gasteiger partial charge in [0.15, 0.2) is 0 Å². The molecular formula is C18H16N2. The Kier molecular flexibility index (Phi) is 4.79. The third-order valence-electron chi connectivity index (χ3n) is 2.77. The van der Waals surface area contributed by atoms with E-state index in [0.717, 1.165) is 16.8 Å². The third kappa shape index (κ3) is 3.39. The molecule has 0 heterocycles. The highest BCUT2D eigenvalue weighted by Gasteiger charge is 2.06. The van der Waals surface area contributed by atoms with Gasteiger partial charge in [-0.1, -0.05) is 67.2 Å². The van der Waals surface area contributed by atoms with Crippen molar-refractivity contribution in [3.63, 3.8) is 0 Å². The van der Waals surface area contributed by atoms with Gasteiger partial charge in [-0.3, -0.25) is 4.99 Å². The Morgan fingerprint density at radius 2 is 1.35 bits per heavy atom. The molecule has 20 heavy (non-hydrogen) atoms. The minimum atomic E-state index is 0.683. The van der Waals surface area contributed by atoms with Crippen LogP contribution in [0.15, 0.2) is 95.2 Å². The molecule has 0 unspecified atom stereocenters. The second-order valence-corrected chi connectivity index (χ2v) is 4.13. The van der Waals surface area contributed by atoms with Crippen molar-refractivity contribution in [1.29, 1.82) is 0 Å². The topological polar surface area (TPSA) is 24.7 Å². The Morgan fingerprint density at radius 1 is 0.850 bits per heavy atom. The number of benzene rings is 2. The van der Waals surface area contributed by atoms with E-state index < -0.39 is 0 Å². The molecule has 0 N–H and O–H groups in total. The van der Waals surface area contributed by atoms with Crippen molar-refractivity contribution in [3.8, 4) is 0 Å². The second-order valence-electron chi connectivity index (χ2n) is 4.13. The molecule has 0 aliphatic heterocycles. The molecule has 0 bridgehead atoms. The molecule has 0 aliphatic carbocycles. The zero-order valence-electron chi connectivity index (χ0n) is 11.2. The molecule has 0 aliphatic rings. The van der Waals surface area contributed by atoms with Crippen LogP contribution in [0.2, 0.25) is 0 Å². The minimum absolute atomic E-state index is 0.683. The first-order chi connectivity index (χ1) is 9.85. The van der Waals surface area contributed by atoms with E-state index in [1.54, 1.807) is 12.3 Å². The molecule has 0 amide bonds. The predicted molar refractivity (Wildman–Crippen MR) is 86.4 cm³/mol. The third-order valence-corrected chi connectivity index (χ3v) is 2.77. The van der Waals surface area contributed by atoms with Crippen molar-refractivity contribution in [2.75, 3.05) is 0 Å². The average molecular weight is 260 g/mol. The van der Waals surface area contributed by atoms with Gasteiger partial charge < -0.3 is 0 Å². The summed E-state index contributed by atoms with van der Waals surface area (Å²) in [6, 6.07) is 20.1. The number of hydrogen-bond acceptors (Lipinski definition) is 2. The van der Waals surface area contributed by atoms with Gasteiger partial charge in [0.05, 0.1) is 17.6 Å². The number of hydrogen-bond donors (Lipinski definition) is 0. The Labute approximate surface area is 119 Å². The molecule has 0 saturated carbocycles. The first-order valence-electron chi connectivity index (χ1n) is 6.33. The van der Waals surface area contributed by atoms with E-state index in [-0.39, 0.29) is 0 Å². The van der Waals surface area contributed by atoms with Gasteiger partial charge in [0.1, 0.15) is 0 Å². The number of rotatable bonds is 5. The van der Waals surface area contributed by atoms with Gasteiger partial charge in [-0.15, -0.1) is 0 Å². The summed E-state index contributed by atoms with van der Waals surface area (Å²) in [6.07, 6.45) is 3.26. The highest BCUT2D eigenvalue weighted by Crippen LogP contribution is 2.13. The van der Waals surface area contributed by atoms with Crippen LogP contribution in [0.25, 0.3) is 0 Å². The van der Waals surface area contributed by atoms with E-state index >= 15 is 0 Å². The van der Waals surface area contributed by atoms with Gasteiger partial charge in [-0.05, 0) is 12.8 Å². The second kappa shape index (κ2) is 7.00. The van der Waals surface area contributed by atoms with Gasteiger partial charge in [-0.25, -0.2) is 4.99 Å². The highest BCUT2D eigenvalue weighted by molar-refractivity contribution is 6.13. The lowest BCUT2D eigenvalue weighted by Crippen LogP contribution is -2.03. The first kappa shape index (κ1) is 13.7. The Balaban J connectivity index is 2.56. The maximum absolute atomic E-state index is 4.65. The lowest BCUT2D eigenvalue weighted by Gasteiger charge is -2.07. The molecule has 0 spiro atoms. The Bertz CT molecular complexity index is 596. The van der Waals surface area contributed by atoms with E-state index in [4.69, 9.17) is 0 Å². The van der Waals surface area contributed by atoms with Crippen LogP contribution >= 0.6 is 0 Å². The maximum Gasteiger partial charge on any atom is 0.0813 e. The van der Waals surface area contributed by atoms with Crippen molar-refractivity contribution in [1.82, 2.24) is 0 Å². The van der Waals surface area contributed by atoms with Gasteiger partial charge in [-0.2, -0.15) is 0 Å². The summed E-state index contributed by atoms with van der Waals surface area (Å²) in [5, 5.41) is 0. The van der Waals surface area contributed by atoms with Crippen molar-refractivity contribution in [3.05, 3.63) is 96.3 Å². The summed E-state index contributed by atoms with van der Waals surface area (Å²) in [5.41, 5.74) is 3.68. The fourth-order valence-corrected chi connectivity index (χ4v) is 1.84. The number of aliphatic imine (C=N–C) groups is 2. The number of nitrogens with zero attached hydrogens (tertiary/aromatic N) is 2. The van der Waals surface area contributed by atoms with Gasteiger partial charge in [0, 0.05) is 11.1 Å². The predicted octanol–water partition coefficient (Wildman–Crippen LogP) is 4.25. The van der Waals surface area contributed by atoms with Gasteiger partial charge in [0.25, 0.3) is 0 Å². The van der Waals surface area contributed by atoms with Crippen LogP contribution in [0, 0.1) is 0 Å². The molecule has 0 radical (unpaired) electrons. The Morgan fingerprint density at radius 3 is 1.75 bits per heavy atom. The van der Waals surface area contributed by atoms with E-state index in [1.807, 2.05) is 60.7 Å². The molecule has 0 saturated heterocycles. The van der Waals surface area contributed by atoms with Crippen LogP contribution < -0.4 is 0 Å². The summed E-state index contributed by atoms with van der Waals surface area (Å²) < 4.78 is 0. The molecule has 2 rings (SSSR count). The average Bonchev–Trinajstić information content (AvgIpc) is 2.53. The largest absolute Gasteiger partial charge is 0.270 e. The van der Waals surface area contributed by atoms with Crippen LogP contribution in [0.5, 0.6) is 0 Å². The zero-order chi connectivity index (χ0) is 14.2. The van der Waals surface area contributed by atoms with Crippen LogP contribution in [-0.4, -0.2) is 12.4 Å². The SMILES string of the molecule is C=C/C(=C\N=C)N=C(c1ccccc1)c1ccccc1. The van der Waals surface area contributed by atoms with Crippen molar-refractivity contribution < 1.29 is 0 Å². The molecule has 2 heteroatoms. The molecule has 0 atom stereocenters. The Hall–Kier alpha value is -2.74. The van der Waals surface area contributed by atoms with Crippen LogP contribution in [-0.2, 0) is 0 Å². The molecular weight excluding hydrogens is 244 g/mol. The standard InChI is InChI=1S/C18H16N2/c1-3-17(14-19-2)20-18(15-10-6-4-7-11-15)16-12-8-5-9-13-16/h3-14H,1-2H2/b17-14+. The molecule has 0 fully saturated rings. The smallest absolute Gasteiger partial charge is 0.0813 e.